The summed E-state index contributed by atoms with van der Waals surface area (Å²) >= 11 is 0. The van der Waals surface area contributed by atoms with Crippen molar-refractivity contribution in [2.75, 3.05) is 31.1 Å². The molecule has 2 saturated heterocycles. The molecule has 0 unspecified atom stereocenters. The summed E-state index contributed by atoms with van der Waals surface area (Å²) in [5, 5.41) is 8.69. The number of hydrogen-bond donors (Lipinski definition) is 0. The van der Waals surface area contributed by atoms with Gasteiger partial charge in [0.15, 0.2) is 11.4 Å². The van der Waals surface area contributed by atoms with Crippen molar-refractivity contribution in [2.24, 2.45) is 7.05 Å². The van der Waals surface area contributed by atoms with Crippen LogP contribution in [-0.2, 0) is 13.5 Å². The first-order valence-corrected chi connectivity index (χ1v) is 10.0. The first-order chi connectivity index (χ1) is 14.1. The molecule has 0 saturated carbocycles. The van der Waals surface area contributed by atoms with Gasteiger partial charge in [0.2, 0.25) is 5.95 Å². The van der Waals surface area contributed by atoms with Crippen LogP contribution in [0.25, 0.3) is 5.65 Å². The monoisotopic (exact) mass is 393 g/mol. The van der Waals surface area contributed by atoms with Gasteiger partial charge in [0, 0.05) is 45.8 Å². The summed E-state index contributed by atoms with van der Waals surface area (Å²) in [6.07, 6.45) is 6.85. The van der Waals surface area contributed by atoms with Gasteiger partial charge in [-0.15, -0.1) is 5.10 Å². The summed E-state index contributed by atoms with van der Waals surface area (Å²) in [5.41, 5.74) is 2.31. The van der Waals surface area contributed by atoms with Crippen molar-refractivity contribution in [3.05, 3.63) is 41.3 Å². The van der Waals surface area contributed by atoms with Gasteiger partial charge in [-0.25, -0.2) is 4.52 Å². The minimum Gasteiger partial charge on any atom is -0.340 e. The summed E-state index contributed by atoms with van der Waals surface area (Å²) in [6.45, 7) is 3.45. The lowest BCUT2D eigenvalue weighted by Gasteiger charge is -2.30. The van der Waals surface area contributed by atoms with Crippen LogP contribution in [0.3, 0.4) is 0 Å². The quantitative estimate of drug-likeness (QED) is 0.608. The fraction of sp³-hybridized carbons (Fsp3) is 0.450. The number of amides is 1. The highest BCUT2D eigenvalue weighted by molar-refractivity contribution is 6.07. The van der Waals surface area contributed by atoms with E-state index in [0.717, 1.165) is 49.8 Å². The normalized spacial score (nSPS) is 16.4. The van der Waals surface area contributed by atoms with Crippen LogP contribution in [-0.4, -0.2) is 67.1 Å². The van der Waals surface area contributed by atoms with Gasteiger partial charge in [0.05, 0.1) is 11.8 Å². The van der Waals surface area contributed by atoms with E-state index in [2.05, 4.69) is 20.1 Å². The van der Waals surface area contributed by atoms with E-state index in [4.69, 9.17) is 0 Å². The second kappa shape index (κ2) is 6.98. The maximum atomic E-state index is 13.0. The third-order valence-corrected chi connectivity index (χ3v) is 5.72. The van der Waals surface area contributed by atoms with Crippen LogP contribution in [0.15, 0.2) is 24.5 Å². The van der Waals surface area contributed by atoms with Crippen LogP contribution in [0, 0.1) is 0 Å². The lowest BCUT2D eigenvalue weighted by Crippen LogP contribution is -2.42. The van der Waals surface area contributed by atoms with Crippen molar-refractivity contribution in [2.45, 2.75) is 25.7 Å². The number of nitrogens with zero attached hydrogens (tertiary/aromatic N) is 7. The Kier molecular flexibility index (Phi) is 4.30. The number of carbonyl (C=O) groups excluding carboxylic acids is 2. The second-order valence-electron chi connectivity index (χ2n) is 7.72. The molecule has 0 aliphatic carbocycles. The van der Waals surface area contributed by atoms with E-state index in [0.29, 0.717) is 11.3 Å². The molecule has 0 aromatic carbocycles. The number of likely N-dealkylation sites (tertiary alicyclic amines) is 1. The van der Waals surface area contributed by atoms with Crippen LogP contribution < -0.4 is 4.90 Å². The maximum Gasteiger partial charge on any atom is 0.257 e. The summed E-state index contributed by atoms with van der Waals surface area (Å²) < 4.78 is 3.24. The largest absolute Gasteiger partial charge is 0.340 e. The second-order valence-corrected chi connectivity index (χ2v) is 7.72. The Bertz CT molecular complexity index is 1090. The SMILES string of the molecule is Cn1ncc(C(=O)N2CCC2)c1C(=O)Cc1ccn2nc(N3CCCC3)nc2c1. The van der Waals surface area contributed by atoms with E-state index in [1.165, 1.54) is 23.7 Å². The third-order valence-electron chi connectivity index (χ3n) is 5.72. The predicted molar refractivity (Wildman–Crippen MR) is 106 cm³/mol. The van der Waals surface area contributed by atoms with Gasteiger partial charge in [-0.2, -0.15) is 10.1 Å². The van der Waals surface area contributed by atoms with Gasteiger partial charge in [0.1, 0.15) is 5.69 Å². The number of aryl methyl sites for hydroxylation is 1. The third kappa shape index (κ3) is 3.16. The maximum absolute atomic E-state index is 13.0. The summed E-state index contributed by atoms with van der Waals surface area (Å²) in [7, 11) is 1.70. The molecule has 2 fully saturated rings. The highest BCUT2D eigenvalue weighted by atomic mass is 16.2. The molecule has 0 atom stereocenters. The zero-order valence-corrected chi connectivity index (χ0v) is 16.4. The summed E-state index contributed by atoms with van der Waals surface area (Å²) in [5.74, 6) is 0.494. The van der Waals surface area contributed by atoms with Crippen LogP contribution in [0.2, 0.25) is 0 Å². The molecule has 1 amide bonds. The molecule has 5 rings (SSSR count). The van der Waals surface area contributed by atoms with Gasteiger partial charge >= 0.3 is 0 Å². The Morgan fingerprint density at radius 3 is 2.62 bits per heavy atom. The van der Waals surface area contributed by atoms with Crippen molar-refractivity contribution in [1.82, 2.24) is 29.3 Å². The number of anilines is 1. The number of fused-ring (bicyclic) bond motifs is 1. The Morgan fingerprint density at radius 1 is 1.10 bits per heavy atom. The van der Waals surface area contributed by atoms with E-state index in [9.17, 15) is 9.59 Å². The zero-order chi connectivity index (χ0) is 20.0. The van der Waals surface area contributed by atoms with Crippen molar-refractivity contribution in [1.29, 1.82) is 0 Å². The minimum absolute atomic E-state index is 0.115. The predicted octanol–water partition coefficient (Wildman–Crippen LogP) is 1.33. The van der Waals surface area contributed by atoms with Gasteiger partial charge in [-0.05, 0) is 37.0 Å². The molecule has 9 nitrogen and oxygen atoms in total. The number of rotatable bonds is 5. The van der Waals surface area contributed by atoms with Crippen molar-refractivity contribution in [3.63, 3.8) is 0 Å². The minimum atomic E-state index is -0.127. The van der Waals surface area contributed by atoms with Gasteiger partial charge in [-0.1, -0.05) is 0 Å². The lowest BCUT2D eigenvalue weighted by molar-refractivity contribution is 0.0647. The van der Waals surface area contributed by atoms with Crippen LogP contribution in [0.4, 0.5) is 5.95 Å². The Labute approximate surface area is 167 Å². The molecule has 0 N–H and O–H groups in total. The lowest BCUT2D eigenvalue weighted by atomic mass is 10.0. The molecule has 9 heteroatoms. The number of aromatic nitrogens is 5. The fourth-order valence-electron chi connectivity index (χ4n) is 3.96. The first kappa shape index (κ1) is 17.8. The Balaban J connectivity index is 1.38. The van der Waals surface area contributed by atoms with E-state index in [1.54, 1.807) is 16.5 Å². The Morgan fingerprint density at radius 2 is 1.90 bits per heavy atom. The topological polar surface area (TPSA) is 88.6 Å². The van der Waals surface area contributed by atoms with E-state index < -0.39 is 0 Å². The van der Waals surface area contributed by atoms with E-state index >= 15 is 0 Å². The highest BCUT2D eigenvalue weighted by Gasteiger charge is 2.28. The average Bonchev–Trinajstić information content (AvgIpc) is 3.38. The molecule has 2 aliphatic heterocycles. The zero-order valence-electron chi connectivity index (χ0n) is 16.4. The molecule has 0 spiro atoms. The smallest absolute Gasteiger partial charge is 0.257 e. The molecule has 3 aromatic rings. The standard InChI is InChI=1S/C20H23N7O2/c1-24-18(15(13-21-24)19(29)25-8-4-9-25)16(28)11-14-5-10-27-17(12-14)22-20(23-27)26-6-2-3-7-26/h5,10,12-13H,2-4,6-9,11H2,1H3. The average molecular weight is 393 g/mol. The van der Waals surface area contributed by atoms with Gasteiger partial charge in [-0.3, -0.25) is 14.3 Å². The highest BCUT2D eigenvalue weighted by Crippen LogP contribution is 2.20. The van der Waals surface area contributed by atoms with Crippen LogP contribution >= 0.6 is 0 Å². The molecular formula is C20H23N7O2. The molecule has 2 aliphatic rings. The number of carbonyl (C=O) groups is 2. The fourth-order valence-corrected chi connectivity index (χ4v) is 3.96. The van der Waals surface area contributed by atoms with E-state index in [1.807, 2.05) is 18.3 Å². The van der Waals surface area contributed by atoms with Gasteiger partial charge in [0.25, 0.3) is 5.91 Å². The first-order valence-electron chi connectivity index (χ1n) is 10.0. The van der Waals surface area contributed by atoms with Crippen molar-refractivity contribution < 1.29 is 9.59 Å². The van der Waals surface area contributed by atoms with Crippen LogP contribution in [0.1, 0.15) is 45.7 Å². The number of Topliss-reactive ketones (excluding diaryl/α,β-unsaturated/α-hetero) is 1. The molecule has 29 heavy (non-hydrogen) atoms. The molecule has 0 bridgehead atoms. The Hall–Kier alpha value is -3.23. The van der Waals surface area contributed by atoms with Crippen LogP contribution in [0.5, 0.6) is 0 Å². The molecule has 150 valence electrons. The molecular weight excluding hydrogens is 370 g/mol. The van der Waals surface area contributed by atoms with Crippen molar-refractivity contribution in [3.8, 4) is 0 Å². The van der Waals surface area contributed by atoms with E-state index in [-0.39, 0.29) is 18.1 Å². The molecule has 0 radical (unpaired) electrons. The van der Waals surface area contributed by atoms with Gasteiger partial charge < -0.3 is 9.80 Å². The number of hydrogen-bond acceptors (Lipinski definition) is 6. The molecule has 5 heterocycles. The summed E-state index contributed by atoms with van der Waals surface area (Å²) in [6, 6.07) is 3.76. The number of pyridine rings is 1. The van der Waals surface area contributed by atoms with Crippen molar-refractivity contribution >= 4 is 23.3 Å². The molecule has 3 aromatic heterocycles. The summed E-state index contributed by atoms with van der Waals surface area (Å²) in [4.78, 5) is 34.2. The number of ketones is 1.